The highest BCUT2D eigenvalue weighted by Gasteiger charge is 2.55. The molecule has 22 valence electrons. The van der Waals surface area contributed by atoms with Crippen LogP contribution in [0.5, 0.6) is 0 Å². The van der Waals surface area contributed by atoms with Gasteiger partial charge in [-0.05, 0) is 0 Å². The Morgan fingerprint density at radius 2 is 1.25 bits per heavy atom. The van der Waals surface area contributed by atoms with Gasteiger partial charge in [-0.2, -0.15) is 0 Å². The van der Waals surface area contributed by atoms with Gasteiger partial charge < -0.3 is 0 Å². The van der Waals surface area contributed by atoms with Gasteiger partial charge in [0.15, 0.2) is 0 Å². The monoisotopic (exact) mass is 86.0 g/mol. The predicted molar refractivity (Wildman–Crippen MR) is 23.9 cm³/mol. The topological polar surface area (TPSA) is 0 Å². The Kier molecular flexibility index (Phi) is 0.127. The van der Waals surface area contributed by atoms with E-state index < -0.39 is 0 Å². The summed E-state index contributed by atoms with van der Waals surface area (Å²) in [6.45, 7) is 0. The van der Waals surface area contributed by atoms with E-state index in [1.807, 2.05) is 11.3 Å². The van der Waals surface area contributed by atoms with Crippen LogP contribution in [0.3, 0.4) is 0 Å². The molecule has 0 amide bonds. The summed E-state index contributed by atoms with van der Waals surface area (Å²) in [6, 6.07) is 0. The molecule has 0 aromatic heterocycles. The van der Waals surface area contributed by atoms with Crippen molar-refractivity contribution in [3.8, 4) is 0 Å². The minimum Gasteiger partial charge on any atom is -0.0711 e. The third kappa shape index (κ3) is 0.0703. The van der Waals surface area contributed by atoms with Crippen molar-refractivity contribution in [2.45, 2.75) is 11.3 Å². The first kappa shape index (κ1) is 1.77. The van der Waals surface area contributed by atoms with Crippen molar-refractivity contribution in [3.05, 3.63) is 0 Å². The average molecular weight is 86.2 g/mol. The summed E-state index contributed by atoms with van der Waals surface area (Å²) in [4.78, 5) is 0. The summed E-state index contributed by atoms with van der Waals surface area (Å²) in [5, 5.41) is 0. The van der Waals surface area contributed by atoms with Gasteiger partial charge in [-0.3, -0.25) is 0 Å². The second kappa shape index (κ2) is 0.286. The van der Waals surface area contributed by atoms with Gasteiger partial charge in [-0.1, -0.05) is 11.3 Å². The zero-order valence-corrected chi connectivity index (χ0v) is 4.88. The lowest BCUT2D eigenvalue weighted by molar-refractivity contribution is 1.87. The quantitative estimate of drug-likeness (QED) is 0.353. The lowest BCUT2D eigenvalue weighted by atomic mass is 11.8. The minimum atomic E-state index is 0.417. The summed E-state index contributed by atoms with van der Waals surface area (Å²) in [5.74, 6) is 0. The molecule has 0 radical (unpaired) electrons. The molecule has 0 atom stereocenters. The lowest BCUT2D eigenvalue weighted by Gasteiger charge is -1.60. The molecule has 0 nitrogen and oxygen atoms in total. The fourth-order valence-corrected chi connectivity index (χ4v) is 11.9. The molecule has 2 rings (SSSR count). The lowest BCUT2D eigenvalue weighted by Crippen LogP contribution is -1.59. The second-order valence-corrected chi connectivity index (χ2v) is 14.5. The molecular formula is C2H6Si2. The smallest absolute Gasteiger partial charge is 0.0213 e. The van der Waals surface area contributed by atoms with Crippen LogP contribution in [0.25, 0.3) is 0 Å². The van der Waals surface area contributed by atoms with Gasteiger partial charge >= 0.3 is 0 Å². The molecule has 0 aromatic carbocycles. The number of fused-ring (bicyclic) bond motifs is 1. The molecular weight excluding hydrogens is 80.2 g/mol. The molecule has 0 N–H and O–H groups in total. The molecule has 0 bridgehead atoms. The van der Waals surface area contributed by atoms with Crippen molar-refractivity contribution in [3.63, 3.8) is 0 Å². The van der Waals surface area contributed by atoms with Crippen LogP contribution in [0.15, 0.2) is 0 Å². The zero-order chi connectivity index (χ0) is 2.57. The number of hydrogen-bond donors (Lipinski definition) is 0. The SMILES string of the molecule is C1[SiH]2C[SiH]12. The second-order valence-electron chi connectivity index (χ2n) is 1.99. The van der Waals surface area contributed by atoms with Crippen molar-refractivity contribution < 1.29 is 0 Å². The third-order valence-corrected chi connectivity index (χ3v) is 13.2. The Labute approximate surface area is 28.8 Å². The zero-order valence-electron chi connectivity index (χ0n) is 2.57. The fraction of sp³-hybridized carbons (Fsp3) is 1.00. The molecule has 2 aliphatic rings. The normalized spacial score (nSPS) is 66.0. The summed E-state index contributed by atoms with van der Waals surface area (Å²) in [5.41, 5.74) is 3.72. The van der Waals surface area contributed by atoms with Crippen molar-refractivity contribution >= 4 is 16.6 Å². The molecule has 2 aliphatic heterocycles. The van der Waals surface area contributed by atoms with Crippen LogP contribution in [0, 0.1) is 0 Å². The molecule has 0 unspecified atom stereocenters. The van der Waals surface area contributed by atoms with Crippen LogP contribution < -0.4 is 0 Å². The van der Waals surface area contributed by atoms with E-state index in [1.165, 1.54) is 0 Å². The Morgan fingerprint density at radius 3 is 1.25 bits per heavy atom. The van der Waals surface area contributed by atoms with Crippen molar-refractivity contribution in [1.29, 1.82) is 0 Å². The molecule has 2 fully saturated rings. The van der Waals surface area contributed by atoms with Gasteiger partial charge in [-0.15, -0.1) is 0 Å². The first-order valence-electron chi connectivity index (χ1n) is 1.97. The van der Waals surface area contributed by atoms with Gasteiger partial charge in [0.2, 0.25) is 0 Å². The van der Waals surface area contributed by atoms with Crippen LogP contribution in [0.4, 0.5) is 0 Å². The fourth-order valence-electron chi connectivity index (χ4n) is 0.552. The van der Waals surface area contributed by atoms with Gasteiger partial charge in [-0.25, -0.2) is 0 Å². The Balaban J connectivity index is 2.48. The molecule has 2 heterocycles. The van der Waals surface area contributed by atoms with Crippen LogP contribution in [-0.2, 0) is 0 Å². The Morgan fingerprint density at radius 1 is 1.00 bits per heavy atom. The van der Waals surface area contributed by atoms with Gasteiger partial charge in [0.25, 0.3) is 0 Å². The maximum atomic E-state index is 1.86. The maximum absolute atomic E-state index is 1.86. The summed E-state index contributed by atoms with van der Waals surface area (Å²) >= 11 is 0. The largest absolute Gasteiger partial charge is 0.0711 e. The van der Waals surface area contributed by atoms with E-state index in [0.717, 1.165) is 0 Å². The highest BCUT2D eigenvalue weighted by Crippen LogP contribution is 2.43. The number of rotatable bonds is 0. The summed E-state index contributed by atoms with van der Waals surface area (Å²) in [7, 11) is 0.833. The van der Waals surface area contributed by atoms with Gasteiger partial charge in [0.1, 0.15) is 0 Å². The minimum absolute atomic E-state index is 0.417. The third-order valence-electron chi connectivity index (χ3n) is 1.47. The predicted octanol–water partition coefficient (Wildman–Crippen LogP) is -0.375. The van der Waals surface area contributed by atoms with Crippen molar-refractivity contribution in [1.82, 2.24) is 0 Å². The molecule has 0 saturated carbocycles. The van der Waals surface area contributed by atoms with Crippen molar-refractivity contribution in [2.24, 2.45) is 0 Å². The van der Waals surface area contributed by atoms with E-state index in [-0.39, 0.29) is 0 Å². The molecule has 2 saturated heterocycles. The molecule has 4 heavy (non-hydrogen) atoms. The standard InChI is InChI=1S/C2H6Si2/c1-3-2-4(1)3/h3-4H,1-2H2. The van der Waals surface area contributed by atoms with Crippen LogP contribution in [0.2, 0.25) is 11.3 Å². The first-order chi connectivity index (χ1) is 1.97. The highest BCUT2D eigenvalue weighted by molar-refractivity contribution is 7.57. The van der Waals surface area contributed by atoms with Gasteiger partial charge in [0, 0.05) is 16.6 Å². The first-order valence-corrected chi connectivity index (χ1v) is 7.90. The van der Waals surface area contributed by atoms with E-state index in [2.05, 4.69) is 0 Å². The van der Waals surface area contributed by atoms with Gasteiger partial charge in [0.05, 0.1) is 0 Å². The molecule has 0 aromatic rings. The van der Waals surface area contributed by atoms with E-state index in [4.69, 9.17) is 0 Å². The van der Waals surface area contributed by atoms with E-state index in [9.17, 15) is 0 Å². The average Bonchev–Trinajstić information content (AvgIpc) is 1.36. The van der Waals surface area contributed by atoms with Crippen LogP contribution >= 0.6 is 0 Å². The van der Waals surface area contributed by atoms with E-state index >= 15 is 0 Å². The molecule has 0 aliphatic carbocycles. The summed E-state index contributed by atoms with van der Waals surface area (Å²) in [6.07, 6.45) is 0. The highest BCUT2D eigenvalue weighted by atomic mass is 29.3. The Hall–Kier alpha value is 0.434. The molecule has 0 spiro atoms. The van der Waals surface area contributed by atoms with Crippen LogP contribution in [0.1, 0.15) is 0 Å². The summed E-state index contributed by atoms with van der Waals surface area (Å²) < 4.78 is 0. The molecule has 2 heteroatoms. The van der Waals surface area contributed by atoms with Crippen LogP contribution in [-0.4, -0.2) is 16.6 Å². The van der Waals surface area contributed by atoms with Crippen molar-refractivity contribution in [2.75, 3.05) is 0 Å². The van der Waals surface area contributed by atoms with E-state index in [1.54, 1.807) is 0 Å². The Bertz CT molecular complexity index is 40.0. The number of hydrogen-bond acceptors (Lipinski definition) is 0. The maximum Gasteiger partial charge on any atom is 0.0213 e. The van der Waals surface area contributed by atoms with E-state index in [0.29, 0.717) is 16.6 Å².